The minimum atomic E-state index is 0.0421. The Labute approximate surface area is 199 Å². The van der Waals surface area contributed by atoms with Crippen molar-refractivity contribution in [1.29, 1.82) is 0 Å². The predicted molar refractivity (Wildman–Crippen MR) is 133 cm³/mol. The standard InChI is InChI=1S/C25H31N5O2S/c1-29(20-11-5-3-6-12-20)24(31)18-33-25-28-27-23(30(25)21-13-7-4-8-14-21)17-26-19-10-9-15-22(16-19)32-2/h3,5-6,9-12,15-16,21,26H,4,7-8,13-14,17-18H2,1-2H3. The second-order valence-corrected chi connectivity index (χ2v) is 9.17. The molecule has 0 bridgehead atoms. The molecule has 1 aliphatic carbocycles. The Morgan fingerprint density at radius 1 is 1.12 bits per heavy atom. The molecular formula is C25H31N5O2S. The van der Waals surface area contributed by atoms with Crippen molar-refractivity contribution in [3.63, 3.8) is 0 Å². The number of aromatic nitrogens is 3. The minimum Gasteiger partial charge on any atom is -0.497 e. The lowest BCUT2D eigenvalue weighted by molar-refractivity contribution is -0.115. The number of ether oxygens (including phenoxy) is 1. The summed E-state index contributed by atoms with van der Waals surface area (Å²) in [4.78, 5) is 14.5. The number of carbonyl (C=O) groups excluding carboxylic acids is 1. The Kier molecular flexibility index (Phi) is 7.88. The molecule has 0 radical (unpaired) electrons. The molecule has 174 valence electrons. The van der Waals surface area contributed by atoms with E-state index in [9.17, 15) is 4.79 Å². The molecule has 7 nitrogen and oxygen atoms in total. The summed E-state index contributed by atoms with van der Waals surface area (Å²) < 4.78 is 7.58. The lowest BCUT2D eigenvalue weighted by atomic mass is 9.95. The van der Waals surface area contributed by atoms with E-state index in [4.69, 9.17) is 4.74 Å². The van der Waals surface area contributed by atoms with Gasteiger partial charge in [-0.25, -0.2) is 0 Å². The number of rotatable bonds is 9. The van der Waals surface area contributed by atoms with Gasteiger partial charge in [-0.1, -0.05) is 55.3 Å². The van der Waals surface area contributed by atoms with E-state index in [0.29, 0.717) is 18.3 Å². The van der Waals surface area contributed by atoms with Crippen LogP contribution in [0.15, 0.2) is 59.8 Å². The Morgan fingerprint density at radius 3 is 2.67 bits per heavy atom. The van der Waals surface area contributed by atoms with Gasteiger partial charge < -0.3 is 19.5 Å². The largest absolute Gasteiger partial charge is 0.497 e. The van der Waals surface area contributed by atoms with Crippen LogP contribution in [-0.4, -0.2) is 40.6 Å². The molecule has 0 aliphatic heterocycles. The molecule has 1 fully saturated rings. The molecule has 33 heavy (non-hydrogen) atoms. The number of anilines is 2. The van der Waals surface area contributed by atoms with Crippen molar-refractivity contribution in [2.75, 3.05) is 30.1 Å². The van der Waals surface area contributed by atoms with Crippen LogP contribution >= 0.6 is 11.8 Å². The highest BCUT2D eigenvalue weighted by Gasteiger charge is 2.24. The molecule has 0 saturated heterocycles. The summed E-state index contributed by atoms with van der Waals surface area (Å²) in [5, 5.41) is 13.2. The molecule has 3 aromatic rings. The number of nitrogens with zero attached hydrogens (tertiary/aromatic N) is 4. The first-order valence-electron chi connectivity index (χ1n) is 11.4. The van der Waals surface area contributed by atoms with Crippen LogP contribution in [0.25, 0.3) is 0 Å². The first-order valence-corrected chi connectivity index (χ1v) is 12.4. The van der Waals surface area contributed by atoms with Crippen molar-refractivity contribution in [1.82, 2.24) is 14.8 Å². The van der Waals surface area contributed by atoms with Crippen molar-refractivity contribution in [2.45, 2.75) is 49.8 Å². The van der Waals surface area contributed by atoms with Crippen molar-refractivity contribution in [2.24, 2.45) is 0 Å². The number of methoxy groups -OCH3 is 1. The van der Waals surface area contributed by atoms with Crippen molar-refractivity contribution < 1.29 is 9.53 Å². The van der Waals surface area contributed by atoms with Gasteiger partial charge in [0.05, 0.1) is 19.4 Å². The van der Waals surface area contributed by atoms with Gasteiger partial charge in [-0.3, -0.25) is 4.79 Å². The fourth-order valence-electron chi connectivity index (χ4n) is 4.17. The predicted octanol–water partition coefficient (Wildman–Crippen LogP) is 5.16. The SMILES string of the molecule is COc1cccc(NCc2nnc(SCC(=O)N(C)c3ccccc3)n2C2CCCCC2)c1. The van der Waals surface area contributed by atoms with Gasteiger partial charge in [-0.2, -0.15) is 0 Å². The zero-order chi connectivity index (χ0) is 23.0. The third-order valence-corrected chi connectivity index (χ3v) is 6.97. The van der Waals surface area contributed by atoms with Crippen LogP contribution in [0.1, 0.15) is 44.0 Å². The van der Waals surface area contributed by atoms with E-state index in [1.54, 1.807) is 12.0 Å². The Hall–Kier alpha value is -3.00. The molecule has 1 heterocycles. The number of nitrogens with one attached hydrogen (secondary N) is 1. The zero-order valence-corrected chi connectivity index (χ0v) is 20.1. The smallest absolute Gasteiger partial charge is 0.237 e. The molecule has 1 aromatic heterocycles. The van der Waals surface area contributed by atoms with E-state index < -0.39 is 0 Å². The van der Waals surface area contributed by atoms with Crippen molar-refractivity contribution >= 4 is 29.0 Å². The zero-order valence-electron chi connectivity index (χ0n) is 19.2. The first kappa shape index (κ1) is 23.2. The first-order chi connectivity index (χ1) is 16.2. The van der Waals surface area contributed by atoms with E-state index in [1.165, 1.54) is 31.0 Å². The van der Waals surface area contributed by atoms with Crippen molar-refractivity contribution in [3.8, 4) is 5.75 Å². The summed E-state index contributed by atoms with van der Waals surface area (Å²) in [5.41, 5.74) is 1.86. The van der Waals surface area contributed by atoms with Crippen LogP contribution in [0.5, 0.6) is 5.75 Å². The van der Waals surface area contributed by atoms with E-state index in [0.717, 1.165) is 40.9 Å². The van der Waals surface area contributed by atoms with Crippen LogP contribution in [-0.2, 0) is 11.3 Å². The van der Waals surface area contributed by atoms with Gasteiger partial charge >= 0.3 is 0 Å². The molecular weight excluding hydrogens is 434 g/mol. The Morgan fingerprint density at radius 2 is 1.91 bits per heavy atom. The normalized spacial score (nSPS) is 14.1. The summed E-state index contributed by atoms with van der Waals surface area (Å²) in [6.45, 7) is 0.565. The molecule has 0 unspecified atom stereocenters. The lowest BCUT2D eigenvalue weighted by Crippen LogP contribution is -2.28. The highest BCUT2D eigenvalue weighted by Crippen LogP contribution is 2.33. The van der Waals surface area contributed by atoms with E-state index in [-0.39, 0.29) is 5.91 Å². The van der Waals surface area contributed by atoms with Gasteiger partial charge in [-0.15, -0.1) is 10.2 Å². The van der Waals surface area contributed by atoms with Gasteiger partial charge in [0.15, 0.2) is 11.0 Å². The summed E-state index contributed by atoms with van der Waals surface area (Å²) in [6, 6.07) is 17.9. The van der Waals surface area contributed by atoms with Gasteiger partial charge in [0, 0.05) is 30.5 Å². The summed E-state index contributed by atoms with van der Waals surface area (Å²) in [7, 11) is 3.48. The molecule has 8 heteroatoms. The maximum Gasteiger partial charge on any atom is 0.237 e. The number of para-hydroxylation sites is 1. The fraction of sp³-hybridized carbons (Fsp3) is 0.400. The van der Waals surface area contributed by atoms with Crippen LogP contribution in [0.4, 0.5) is 11.4 Å². The third kappa shape index (κ3) is 5.87. The van der Waals surface area contributed by atoms with Crippen LogP contribution in [0.3, 0.4) is 0 Å². The van der Waals surface area contributed by atoms with Crippen LogP contribution < -0.4 is 15.0 Å². The molecule has 1 amide bonds. The van der Waals surface area contributed by atoms with Gasteiger partial charge in [-0.05, 0) is 37.1 Å². The molecule has 4 rings (SSSR count). The Bertz CT molecular complexity index is 1050. The van der Waals surface area contributed by atoms with Crippen LogP contribution in [0, 0.1) is 0 Å². The van der Waals surface area contributed by atoms with Gasteiger partial charge in [0.25, 0.3) is 0 Å². The van der Waals surface area contributed by atoms with Gasteiger partial charge in [0.2, 0.25) is 5.91 Å². The fourth-order valence-corrected chi connectivity index (χ4v) is 5.10. The number of carbonyl (C=O) groups is 1. The quantitative estimate of drug-likeness (QED) is 0.440. The second kappa shape index (κ2) is 11.2. The lowest BCUT2D eigenvalue weighted by Gasteiger charge is -2.26. The molecule has 1 aliphatic rings. The highest BCUT2D eigenvalue weighted by atomic mass is 32.2. The Balaban J connectivity index is 1.47. The molecule has 0 spiro atoms. The summed E-state index contributed by atoms with van der Waals surface area (Å²) >= 11 is 1.47. The average molecular weight is 466 g/mol. The van der Waals surface area contributed by atoms with Gasteiger partial charge in [0.1, 0.15) is 5.75 Å². The molecule has 1 saturated carbocycles. The highest BCUT2D eigenvalue weighted by molar-refractivity contribution is 7.99. The maximum atomic E-state index is 12.8. The number of benzene rings is 2. The monoisotopic (exact) mass is 465 g/mol. The summed E-state index contributed by atoms with van der Waals surface area (Å²) in [5.74, 6) is 2.07. The molecule has 1 N–H and O–H groups in total. The topological polar surface area (TPSA) is 72.3 Å². The second-order valence-electron chi connectivity index (χ2n) is 8.22. The van der Waals surface area contributed by atoms with E-state index in [2.05, 4.69) is 20.1 Å². The van der Waals surface area contributed by atoms with E-state index in [1.807, 2.05) is 61.6 Å². The number of amides is 1. The summed E-state index contributed by atoms with van der Waals surface area (Å²) in [6.07, 6.45) is 5.95. The van der Waals surface area contributed by atoms with Crippen LogP contribution in [0.2, 0.25) is 0 Å². The average Bonchev–Trinajstić information content (AvgIpc) is 3.29. The maximum absolute atomic E-state index is 12.8. The number of hydrogen-bond donors (Lipinski definition) is 1. The molecule has 0 atom stereocenters. The minimum absolute atomic E-state index is 0.0421. The number of hydrogen-bond acceptors (Lipinski definition) is 6. The number of thioether (sulfide) groups is 1. The third-order valence-electron chi connectivity index (χ3n) is 6.04. The molecule has 2 aromatic carbocycles. The van der Waals surface area contributed by atoms with Crippen molar-refractivity contribution in [3.05, 3.63) is 60.4 Å². The van der Waals surface area contributed by atoms with E-state index >= 15 is 0 Å².